The van der Waals surface area contributed by atoms with Gasteiger partial charge in [-0.1, -0.05) is 11.3 Å². The number of nitrogens with zero attached hydrogens (tertiary/aromatic N) is 2. The van der Waals surface area contributed by atoms with E-state index in [0.717, 1.165) is 11.3 Å². The van der Waals surface area contributed by atoms with Gasteiger partial charge < -0.3 is 5.32 Å². The van der Waals surface area contributed by atoms with Crippen molar-refractivity contribution in [3.63, 3.8) is 0 Å². The third kappa shape index (κ3) is 3.23. The van der Waals surface area contributed by atoms with E-state index >= 15 is 0 Å². The summed E-state index contributed by atoms with van der Waals surface area (Å²) in [6.45, 7) is 0. The number of hydrogen-bond donors (Lipinski definition) is 1. The molecule has 1 N–H and O–H groups in total. The van der Waals surface area contributed by atoms with Gasteiger partial charge in [-0.3, -0.25) is 4.79 Å². The molecule has 20 heavy (non-hydrogen) atoms. The zero-order valence-electron chi connectivity index (χ0n) is 9.33. The summed E-state index contributed by atoms with van der Waals surface area (Å²) in [5, 5.41) is 8.55. The number of alkyl halides is 3. The van der Waals surface area contributed by atoms with Gasteiger partial charge in [-0.2, -0.15) is 13.2 Å². The average molecular weight is 326 g/mol. The Labute approximate surface area is 118 Å². The molecule has 0 saturated heterocycles. The monoisotopic (exact) mass is 325 g/mol. The van der Waals surface area contributed by atoms with Crippen LogP contribution in [-0.4, -0.2) is 16.1 Å². The molecule has 0 bridgehead atoms. The summed E-state index contributed by atoms with van der Waals surface area (Å²) in [5.74, 6) is -1.89. The van der Waals surface area contributed by atoms with Gasteiger partial charge >= 0.3 is 6.18 Å². The van der Waals surface area contributed by atoms with Gasteiger partial charge in [-0.15, -0.1) is 10.2 Å². The van der Waals surface area contributed by atoms with Gasteiger partial charge in [0, 0.05) is 0 Å². The molecule has 0 spiro atoms. The lowest BCUT2D eigenvalue weighted by molar-refractivity contribution is -0.137. The standard InChI is InChI=1S/C10H4ClF4N3OS/c11-9-18-17-8(20-9)7(19)16-6-3-4(10(13,14)15)1-2-5(6)12/h1-3H,(H,16,19). The smallest absolute Gasteiger partial charge is 0.317 e. The molecule has 0 radical (unpaired) electrons. The fourth-order valence-electron chi connectivity index (χ4n) is 1.27. The van der Waals surface area contributed by atoms with Crippen LogP contribution in [0.4, 0.5) is 23.2 Å². The van der Waals surface area contributed by atoms with Gasteiger partial charge in [-0.25, -0.2) is 4.39 Å². The molecule has 10 heteroatoms. The molecule has 1 amide bonds. The highest BCUT2D eigenvalue weighted by atomic mass is 35.5. The lowest BCUT2D eigenvalue weighted by Crippen LogP contribution is -2.14. The summed E-state index contributed by atoms with van der Waals surface area (Å²) in [4.78, 5) is 11.6. The van der Waals surface area contributed by atoms with Crippen molar-refractivity contribution in [2.75, 3.05) is 5.32 Å². The highest BCUT2D eigenvalue weighted by Gasteiger charge is 2.31. The van der Waals surface area contributed by atoms with E-state index in [-0.39, 0.29) is 9.47 Å². The van der Waals surface area contributed by atoms with Gasteiger partial charge in [0.2, 0.25) is 9.47 Å². The minimum absolute atomic E-state index is 0.0142. The van der Waals surface area contributed by atoms with Crippen LogP contribution in [0.5, 0.6) is 0 Å². The van der Waals surface area contributed by atoms with Crippen LogP contribution in [-0.2, 0) is 6.18 Å². The van der Waals surface area contributed by atoms with Gasteiger partial charge in [0.25, 0.3) is 5.91 Å². The molecule has 2 rings (SSSR count). The van der Waals surface area contributed by atoms with E-state index in [4.69, 9.17) is 11.6 Å². The summed E-state index contributed by atoms with van der Waals surface area (Å²) in [5.41, 5.74) is -1.68. The van der Waals surface area contributed by atoms with Crippen LogP contribution in [0.25, 0.3) is 0 Å². The van der Waals surface area contributed by atoms with E-state index in [9.17, 15) is 22.4 Å². The van der Waals surface area contributed by atoms with E-state index in [1.54, 1.807) is 0 Å². The van der Waals surface area contributed by atoms with Gasteiger partial charge in [0.1, 0.15) is 5.82 Å². The van der Waals surface area contributed by atoms with Crippen molar-refractivity contribution in [1.82, 2.24) is 10.2 Å². The molecule has 1 aromatic heterocycles. The third-order valence-electron chi connectivity index (χ3n) is 2.14. The van der Waals surface area contributed by atoms with Crippen LogP contribution in [0.2, 0.25) is 4.47 Å². The van der Waals surface area contributed by atoms with Crippen LogP contribution < -0.4 is 5.32 Å². The molecule has 0 aliphatic rings. The molecule has 0 saturated carbocycles. The number of anilines is 1. The Morgan fingerprint density at radius 3 is 2.55 bits per heavy atom. The predicted molar refractivity (Wildman–Crippen MR) is 64.3 cm³/mol. The van der Waals surface area contributed by atoms with E-state index < -0.39 is 29.2 Å². The number of nitrogens with one attached hydrogen (secondary N) is 1. The first-order valence-electron chi connectivity index (χ1n) is 4.94. The first-order valence-corrected chi connectivity index (χ1v) is 6.14. The Morgan fingerprint density at radius 2 is 2.00 bits per heavy atom. The lowest BCUT2D eigenvalue weighted by atomic mass is 10.2. The van der Waals surface area contributed by atoms with Crippen molar-refractivity contribution in [2.45, 2.75) is 6.18 Å². The Hall–Kier alpha value is -1.74. The van der Waals surface area contributed by atoms with Gasteiger partial charge in [-0.05, 0) is 29.8 Å². The van der Waals surface area contributed by atoms with Crippen LogP contribution in [0.1, 0.15) is 15.4 Å². The SMILES string of the molecule is O=C(Nc1cc(C(F)(F)F)ccc1F)c1nnc(Cl)s1. The van der Waals surface area contributed by atoms with E-state index in [2.05, 4.69) is 10.2 Å². The summed E-state index contributed by atoms with van der Waals surface area (Å²) >= 11 is 6.18. The maximum absolute atomic E-state index is 13.4. The second-order valence-electron chi connectivity index (χ2n) is 3.51. The van der Waals surface area contributed by atoms with E-state index in [1.165, 1.54) is 0 Å². The molecule has 1 heterocycles. The number of benzene rings is 1. The molecular formula is C10H4ClF4N3OS. The van der Waals surface area contributed by atoms with Crippen molar-refractivity contribution >= 4 is 34.5 Å². The highest BCUT2D eigenvalue weighted by Crippen LogP contribution is 2.32. The minimum atomic E-state index is -4.64. The predicted octanol–water partition coefficient (Wildman–Crippen LogP) is 3.60. The van der Waals surface area contributed by atoms with Crippen LogP contribution in [0.15, 0.2) is 18.2 Å². The Kier molecular flexibility index (Phi) is 3.91. The third-order valence-corrected chi connectivity index (χ3v) is 3.15. The number of halogens is 5. The summed E-state index contributed by atoms with van der Waals surface area (Å²) in [6, 6.07) is 1.69. The number of aromatic nitrogens is 2. The van der Waals surface area contributed by atoms with Crippen LogP contribution in [0.3, 0.4) is 0 Å². The number of carbonyl (C=O) groups excluding carboxylic acids is 1. The summed E-state index contributed by atoms with van der Waals surface area (Å²) < 4.78 is 50.9. The molecular weight excluding hydrogens is 322 g/mol. The molecule has 1 aromatic carbocycles. The second-order valence-corrected chi connectivity index (χ2v) is 5.07. The largest absolute Gasteiger partial charge is 0.416 e. The topological polar surface area (TPSA) is 54.9 Å². The zero-order chi connectivity index (χ0) is 14.9. The summed E-state index contributed by atoms with van der Waals surface area (Å²) in [6.07, 6.45) is -4.64. The molecule has 106 valence electrons. The fraction of sp³-hybridized carbons (Fsp3) is 0.100. The molecule has 0 atom stereocenters. The quantitative estimate of drug-likeness (QED) is 0.858. The van der Waals surface area contributed by atoms with Crippen molar-refractivity contribution in [3.8, 4) is 0 Å². The molecule has 0 aliphatic carbocycles. The Balaban J connectivity index is 2.27. The van der Waals surface area contributed by atoms with Crippen molar-refractivity contribution < 1.29 is 22.4 Å². The molecule has 2 aromatic rings. The lowest BCUT2D eigenvalue weighted by Gasteiger charge is -2.10. The average Bonchev–Trinajstić information content (AvgIpc) is 2.77. The zero-order valence-corrected chi connectivity index (χ0v) is 10.9. The van der Waals surface area contributed by atoms with E-state index in [0.29, 0.717) is 18.2 Å². The molecule has 0 unspecified atom stereocenters. The normalized spacial score (nSPS) is 11.4. The van der Waals surface area contributed by atoms with Crippen molar-refractivity contribution in [3.05, 3.63) is 39.1 Å². The maximum Gasteiger partial charge on any atom is 0.416 e. The van der Waals surface area contributed by atoms with Crippen LogP contribution >= 0.6 is 22.9 Å². The molecule has 0 fully saturated rings. The summed E-state index contributed by atoms with van der Waals surface area (Å²) in [7, 11) is 0. The number of carbonyl (C=O) groups is 1. The van der Waals surface area contributed by atoms with Crippen molar-refractivity contribution in [1.29, 1.82) is 0 Å². The number of rotatable bonds is 2. The first-order chi connectivity index (χ1) is 9.27. The highest BCUT2D eigenvalue weighted by molar-refractivity contribution is 7.17. The number of amides is 1. The fourth-order valence-corrected chi connectivity index (χ4v) is 1.99. The Morgan fingerprint density at radius 1 is 1.30 bits per heavy atom. The Bertz CT molecular complexity index is 658. The second kappa shape index (κ2) is 5.33. The van der Waals surface area contributed by atoms with Crippen LogP contribution in [0, 0.1) is 5.82 Å². The minimum Gasteiger partial charge on any atom is -0.317 e. The molecule has 0 aliphatic heterocycles. The molecule has 4 nitrogen and oxygen atoms in total. The van der Waals surface area contributed by atoms with Gasteiger partial charge in [0.05, 0.1) is 11.3 Å². The first kappa shape index (κ1) is 14.7. The number of hydrogen-bond acceptors (Lipinski definition) is 4. The van der Waals surface area contributed by atoms with Crippen molar-refractivity contribution in [2.24, 2.45) is 0 Å². The van der Waals surface area contributed by atoms with Gasteiger partial charge in [0.15, 0.2) is 0 Å². The maximum atomic E-state index is 13.4. The van der Waals surface area contributed by atoms with E-state index in [1.807, 2.05) is 5.32 Å².